The maximum Gasteiger partial charge on any atom is 0.325 e. The van der Waals surface area contributed by atoms with Gasteiger partial charge in [-0.1, -0.05) is 43.2 Å². The highest BCUT2D eigenvalue weighted by Gasteiger charge is 2.39. The number of likely N-dealkylation sites (tertiary alicyclic amines) is 1. The van der Waals surface area contributed by atoms with Gasteiger partial charge in [0.2, 0.25) is 5.91 Å². The second-order valence-corrected chi connectivity index (χ2v) is 8.79. The quantitative estimate of drug-likeness (QED) is 0.689. The number of piperazine rings is 1. The van der Waals surface area contributed by atoms with Gasteiger partial charge in [0, 0.05) is 45.7 Å². The summed E-state index contributed by atoms with van der Waals surface area (Å²) in [5, 5.41) is 2.82. The molecule has 4 amide bonds. The first-order valence-corrected chi connectivity index (χ1v) is 11.5. The highest BCUT2D eigenvalue weighted by Crippen LogP contribution is 2.14. The molecule has 168 valence electrons. The first kappa shape index (κ1) is 21.8. The zero-order valence-electron chi connectivity index (χ0n) is 18.2. The van der Waals surface area contributed by atoms with E-state index in [4.69, 9.17) is 0 Å². The van der Waals surface area contributed by atoms with Gasteiger partial charge in [-0.25, -0.2) is 9.69 Å². The third kappa shape index (κ3) is 5.62. The molecular formula is C23H33N5O3. The van der Waals surface area contributed by atoms with Crippen molar-refractivity contribution in [3.8, 4) is 0 Å². The Morgan fingerprint density at radius 1 is 0.871 bits per heavy atom. The Bertz CT molecular complexity index is 771. The summed E-state index contributed by atoms with van der Waals surface area (Å²) in [6.45, 7) is 5.58. The molecule has 0 bridgehead atoms. The number of nitrogens with zero attached hydrogens (tertiary/aromatic N) is 4. The van der Waals surface area contributed by atoms with Crippen molar-refractivity contribution in [2.24, 2.45) is 0 Å². The summed E-state index contributed by atoms with van der Waals surface area (Å²) in [7, 11) is 0. The van der Waals surface area contributed by atoms with Gasteiger partial charge < -0.3 is 10.2 Å². The number of carbonyl (C=O) groups excluding carboxylic acids is 3. The number of carbonyl (C=O) groups is 3. The summed E-state index contributed by atoms with van der Waals surface area (Å²) < 4.78 is 0. The normalized spacial score (nSPS) is 23.7. The van der Waals surface area contributed by atoms with Gasteiger partial charge in [-0.2, -0.15) is 0 Å². The van der Waals surface area contributed by atoms with Gasteiger partial charge in [-0.15, -0.1) is 0 Å². The highest BCUT2D eigenvalue weighted by atomic mass is 16.2. The van der Waals surface area contributed by atoms with Crippen LogP contribution in [-0.2, 0) is 16.0 Å². The smallest absolute Gasteiger partial charge is 0.325 e. The van der Waals surface area contributed by atoms with Crippen LogP contribution in [-0.4, -0.2) is 96.0 Å². The molecule has 3 aliphatic heterocycles. The second-order valence-electron chi connectivity index (χ2n) is 8.79. The van der Waals surface area contributed by atoms with Crippen LogP contribution in [0.5, 0.6) is 0 Å². The first-order chi connectivity index (χ1) is 15.1. The fourth-order valence-electron chi connectivity index (χ4n) is 4.60. The number of hydrogen-bond acceptors (Lipinski definition) is 5. The van der Waals surface area contributed by atoms with Crippen LogP contribution < -0.4 is 5.32 Å². The number of benzene rings is 1. The molecule has 3 heterocycles. The molecular weight excluding hydrogens is 394 g/mol. The zero-order chi connectivity index (χ0) is 21.6. The molecule has 31 heavy (non-hydrogen) atoms. The van der Waals surface area contributed by atoms with E-state index in [1.807, 2.05) is 35.2 Å². The average molecular weight is 428 g/mol. The molecule has 3 fully saturated rings. The van der Waals surface area contributed by atoms with Crippen LogP contribution in [0.3, 0.4) is 0 Å². The molecule has 3 aliphatic rings. The third-order valence-corrected chi connectivity index (χ3v) is 6.51. The monoisotopic (exact) mass is 427 g/mol. The molecule has 0 aromatic heterocycles. The molecule has 0 unspecified atom stereocenters. The lowest BCUT2D eigenvalue weighted by atomic mass is 10.1. The Morgan fingerprint density at radius 3 is 2.19 bits per heavy atom. The maximum absolute atomic E-state index is 12.8. The van der Waals surface area contributed by atoms with Crippen LogP contribution in [0, 0.1) is 0 Å². The van der Waals surface area contributed by atoms with Crippen molar-refractivity contribution in [2.75, 3.05) is 52.5 Å². The van der Waals surface area contributed by atoms with Gasteiger partial charge in [0.25, 0.3) is 5.91 Å². The summed E-state index contributed by atoms with van der Waals surface area (Å²) in [5.41, 5.74) is 1.03. The summed E-state index contributed by atoms with van der Waals surface area (Å²) in [6, 6.07) is 8.93. The van der Waals surface area contributed by atoms with Gasteiger partial charge in [0.1, 0.15) is 6.04 Å². The first-order valence-electron chi connectivity index (χ1n) is 11.5. The van der Waals surface area contributed by atoms with Crippen LogP contribution >= 0.6 is 0 Å². The Morgan fingerprint density at radius 2 is 1.52 bits per heavy atom. The summed E-state index contributed by atoms with van der Waals surface area (Å²) >= 11 is 0. The van der Waals surface area contributed by atoms with Crippen molar-refractivity contribution >= 4 is 17.8 Å². The molecule has 1 aromatic rings. The van der Waals surface area contributed by atoms with Gasteiger partial charge in [-0.05, 0) is 18.4 Å². The van der Waals surface area contributed by atoms with Crippen molar-refractivity contribution in [1.82, 2.24) is 24.9 Å². The minimum Gasteiger partial charge on any atom is -0.342 e. The van der Waals surface area contributed by atoms with E-state index in [0.717, 1.165) is 57.7 Å². The Labute approximate surface area is 184 Å². The van der Waals surface area contributed by atoms with E-state index in [9.17, 15) is 14.4 Å². The fourth-order valence-corrected chi connectivity index (χ4v) is 4.60. The number of rotatable bonds is 6. The number of urea groups is 1. The van der Waals surface area contributed by atoms with Crippen LogP contribution in [0.2, 0.25) is 0 Å². The van der Waals surface area contributed by atoms with E-state index in [0.29, 0.717) is 19.6 Å². The number of imide groups is 1. The van der Waals surface area contributed by atoms with Crippen molar-refractivity contribution in [3.63, 3.8) is 0 Å². The molecule has 4 rings (SSSR count). The van der Waals surface area contributed by atoms with E-state index in [-0.39, 0.29) is 17.8 Å². The van der Waals surface area contributed by atoms with Gasteiger partial charge in [0.05, 0.1) is 13.2 Å². The summed E-state index contributed by atoms with van der Waals surface area (Å²) in [4.78, 5) is 45.4. The lowest BCUT2D eigenvalue weighted by Crippen LogP contribution is -2.53. The second kappa shape index (κ2) is 10.2. The van der Waals surface area contributed by atoms with Gasteiger partial charge >= 0.3 is 6.03 Å². The van der Waals surface area contributed by atoms with Crippen LogP contribution in [0.4, 0.5) is 4.79 Å². The molecule has 1 N–H and O–H groups in total. The molecule has 8 nitrogen and oxygen atoms in total. The third-order valence-electron chi connectivity index (χ3n) is 6.51. The SMILES string of the molecule is O=C(CN1CCN(CN2C(=O)N[C@H](Cc3ccccc3)C2=O)CC1)N1CCCCCC1. The Kier molecular flexibility index (Phi) is 7.19. The number of amides is 4. The zero-order valence-corrected chi connectivity index (χ0v) is 18.2. The average Bonchev–Trinajstić information content (AvgIpc) is 2.98. The lowest BCUT2D eigenvalue weighted by Gasteiger charge is -2.36. The molecule has 1 aromatic carbocycles. The van der Waals surface area contributed by atoms with Gasteiger partial charge in [-0.3, -0.25) is 19.4 Å². The Hall–Kier alpha value is -2.45. The fraction of sp³-hybridized carbons (Fsp3) is 0.609. The number of hydrogen-bond donors (Lipinski definition) is 1. The highest BCUT2D eigenvalue weighted by molar-refractivity contribution is 6.04. The topological polar surface area (TPSA) is 76.2 Å². The molecule has 0 aliphatic carbocycles. The molecule has 0 spiro atoms. The van der Waals surface area contributed by atoms with Crippen molar-refractivity contribution in [3.05, 3.63) is 35.9 Å². The summed E-state index contributed by atoms with van der Waals surface area (Å²) in [6.07, 6.45) is 5.16. The van der Waals surface area contributed by atoms with E-state index in [1.165, 1.54) is 17.7 Å². The predicted molar refractivity (Wildman–Crippen MR) is 117 cm³/mol. The molecule has 8 heteroatoms. The minimum atomic E-state index is -0.498. The van der Waals surface area contributed by atoms with Gasteiger partial charge in [0.15, 0.2) is 0 Å². The van der Waals surface area contributed by atoms with Crippen LogP contribution in [0.15, 0.2) is 30.3 Å². The largest absolute Gasteiger partial charge is 0.342 e. The predicted octanol–water partition coefficient (Wildman–Crippen LogP) is 1.13. The molecule has 3 saturated heterocycles. The number of nitrogens with one attached hydrogen (secondary N) is 1. The van der Waals surface area contributed by atoms with Crippen molar-refractivity contribution in [2.45, 2.75) is 38.1 Å². The Balaban J connectivity index is 1.22. The maximum atomic E-state index is 12.8. The van der Waals surface area contributed by atoms with E-state index >= 15 is 0 Å². The standard InChI is InChI=1S/C23H33N5O3/c29-21(27-10-6-1-2-7-11-27)17-25-12-14-26(15-13-25)18-28-22(30)20(24-23(28)31)16-19-8-4-3-5-9-19/h3-5,8-9,20H,1-2,6-7,10-18H2,(H,24,31)/t20-/m1/s1. The van der Waals surface area contributed by atoms with Crippen LogP contribution in [0.25, 0.3) is 0 Å². The molecule has 0 saturated carbocycles. The van der Waals surface area contributed by atoms with E-state index in [2.05, 4.69) is 15.1 Å². The molecule has 0 radical (unpaired) electrons. The lowest BCUT2D eigenvalue weighted by molar-refractivity contribution is -0.132. The molecule has 1 atom stereocenters. The minimum absolute atomic E-state index is 0.160. The van der Waals surface area contributed by atoms with E-state index < -0.39 is 6.04 Å². The van der Waals surface area contributed by atoms with E-state index in [1.54, 1.807) is 0 Å². The van der Waals surface area contributed by atoms with Crippen molar-refractivity contribution in [1.29, 1.82) is 0 Å². The summed E-state index contributed by atoms with van der Waals surface area (Å²) in [5.74, 6) is 0.0702. The van der Waals surface area contributed by atoms with Crippen LogP contribution in [0.1, 0.15) is 31.2 Å². The van der Waals surface area contributed by atoms with Crippen molar-refractivity contribution < 1.29 is 14.4 Å².